The minimum absolute atomic E-state index is 0. The average Bonchev–Trinajstić information content (AvgIpc) is 2.12. The van der Waals surface area contributed by atoms with Crippen molar-refractivity contribution in [2.45, 2.75) is 6.04 Å². The van der Waals surface area contributed by atoms with Crippen LogP contribution in [0.25, 0.3) is 0 Å². The van der Waals surface area contributed by atoms with Gasteiger partial charge < -0.3 is 10.8 Å². The van der Waals surface area contributed by atoms with E-state index in [1.165, 1.54) is 0 Å². The first kappa shape index (κ1) is 13.7. The molecule has 1 atom stereocenters. The van der Waals surface area contributed by atoms with Crippen LogP contribution in [0.15, 0.2) is 12.1 Å². The first-order valence-corrected chi connectivity index (χ1v) is 3.57. The molecular weight excluding hydrogens is 235 g/mol. The highest BCUT2D eigenvalue weighted by Gasteiger charge is 2.24. The molecule has 0 saturated carbocycles. The van der Waals surface area contributed by atoms with Crippen LogP contribution in [0.4, 0.5) is 13.2 Å². The Hall–Kier alpha value is -1.27. The Balaban J connectivity index is 0.00000196. The molecule has 0 spiro atoms. The third-order valence-corrected chi connectivity index (χ3v) is 1.66. The molecule has 0 heterocycles. The molecule has 15 heavy (non-hydrogen) atoms. The number of halogens is 4. The van der Waals surface area contributed by atoms with Gasteiger partial charge in [-0.05, 0) is 12.1 Å². The van der Waals surface area contributed by atoms with Gasteiger partial charge in [0.05, 0.1) is 5.56 Å². The lowest BCUT2D eigenvalue weighted by Gasteiger charge is -2.09. The van der Waals surface area contributed by atoms with Gasteiger partial charge in [-0.3, -0.25) is 4.79 Å². The Kier molecular flexibility index (Phi) is 4.57. The van der Waals surface area contributed by atoms with Gasteiger partial charge in [-0.25, -0.2) is 13.2 Å². The summed E-state index contributed by atoms with van der Waals surface area (Å²) in [5.74, 6) is -5.72. The molecule has 3 nitrogen and oxygen atoms in total. The van der Waals surface area contributed by atoms with Gasteiger partial charge in [-0.2, -0.15) is 0 Å². The zero-order chi connectivity index (χ0) is 10.9. The highest BCUT2D eigenvalue weighted by Crippen LogP contribution is 2.21. The van der Waals surface area contributed by atoms with E-state index >= 15 is 0 Å². The summed E-state index contributed by atoms with van der Waals surface area (Å²) in [5.41, 5.74) is 3.99. The van der Waals surface area contributed by atoms with Gasteiger partial charge in [0.1, 0.15) is 11.9 Å². The fraction of sp³-hybridized carbons (Fsp3) is 0.125. The minimum atomic E-state index is -1.91. The van der Waals surface area contributed by atoms with E-state index in [-0.39, 0.29) is 12.4 Å². The summed E-state index contributed by atoms with van der Waals surface area (Å²) in [6.07, 6.45) is 0. The third-order valence-electron chi connectivity index (χ3n) is 1.66. The van der Waals surface area contributed by atoms with Crippen LogP contribution in [0.2, 0.25) is 0 Å². The predicted octanol–water partition coefficient (Wildman–Crippen LogP) is 1.61. The first-order chi connectivity index (χ1) is 6.45. The molecule has 7 heteroatoms. The van der Waals surface area contributed by atoms with E-state index in [4.69, 9.17) is 10.8 Å². The van der Waals surface area contributed by atoms with Crippen molar-refractivity contribution >= 4 is 18.4 Å². The monoisotopic (exact) mass is 241 g/mol. The second-order valence-corrected chi connectivity index (χ2v) is 2.57. The van der Waals surface area contributed by atoms with Crippen LogP contribution in [0.3, 0.4) is 0 Å². The van der Waals surface area contributed by atoms with Crippen molar-refractivity contribution < 1.29 is 23.1 Å². The van der Waals surface area contributed by atoms with Crippen molar-refractivity contribution in [1.82, 2.24) is 0 Å². The van der Waals surface area contributed by atoms with Crippen LogP contribution in [-0.4, -0.2) is 11.1 Å². The van der Waals surface area contributed by atoms with Gasteiger partial charge in [-0.15, -0.1) is 12.4 Å². The lowest BCUT2D eigenvalue weighted by molar-refractivity contribution is -0.138. The molecule has 0 radical (unpaired) electrons. The van der Waals surface area contributed by atoms with E-state index in [9.17, 15) is 18.0 Å². The zero-order valence-corrected chi connectivity index (χ0v) is 8.02. The second kappa shape index (κ2) is 4.99. The molecule has 84 valence electrons. The molecule has 1 aromatic rings. The lowest BCUT2D eigenvalue weighted by Crippen LogP contribution is -2.23. The largest absolute Gasteiger partial charge is 0.480 e. The van der Waals surface area contributed by atoms with E-state index in [0.29, 0.717) is 12.1 Å². The van der Waals surface area contributed by atoms with Crippen molar-refractivity contribution in [3.05, 3.63) is 35.1 Å². The Labute approximate surface area is 89.1 Å². The summed E-state index contributed by atoms with van der Waals surface area (Å²) in [6.45, 7) is 0. The van der Waals surface area contributed by atoms with Gasteiger partial charge in [0.2, 0.25) is 0 Å². The molecule has 0 aliphatic heterocycles. The van der Waals surface area contributed by atoms with Crippen LogP contribution in [0, 0.1) is 17.5 Å². The molecule has 0 amide bonds. The molecule has 0 aliphatic carbocycles. The van der Waals surface area contributed by atoms with Crippen LogP contribution in [0.5, 0.6) is 0 Å². The summed E-state index contributed by atoms with van der Waals surface area (Å²) in [7, 11) is 0. The Morgan fingerprint density at radius 1 is 1.27 bits per heavy atom. The summed E-state index contributed by atoms with van der Waals surface area (Å²) in [5, 5.41) is 8.39. The van der Waals surface area contributed by atoms with Crippen molar-refractivity contribution in [2.24, 2.45) is 5.73 Å². The molecule has 1 rings (SSSR count). The minimum Gasteiger partial charge on any atom is -0.480 e. The molecule has 0 saturated heterocycles. The van der Waals surface area contributed by atoms with Crippen molar-refractivity contribution in [1.29, 1.82) is 0 Å². The Bertz CT molecular complexity index is 386. The van der Waals surface area contributed by atoms with Gasteiger partial charge in [-0.1, -0.05) is 0 Å². The number of nitrogens with two attached hydrogens (primary N) is 1. The molecule has 0 aliphatic rings. The standard InChI is InChI=1S/C8H6F3NO2.ClH/c9-3-1-2-4(10)6(11)5(3)7(12)8(13)14;/h1-2,7H,12H2,(H,13,14);1H/t7-;/m1./s1. The highest BCUT2D eigenvalue weighted by atomic mass is 35.5. The number of carboxylic acid groups (broad SMARTS) is 1. The molecule has 0 bridgehead atoms. The molecular formula is C8H7ClF3NO2. The van der Waals surface area contributed by atoms with Crippen LogP contribution in [-0.2, 0) is 4.79 Å². The van der Waals surface area contributed by atoms with E-state index in [0.717, 1.165) is 0 Å². The van der Waals surface area contributed by atoms with Gasteiger partial charge >= 0.3 is 5.97 Å². The maximum atomic E-state index is 12.9. The predicted molar refractivity (Wildman–Crippen MR) is 48.1 cm³/mol. The number of carbonyl (C=O) groups is 1. The molecule has 0 aromatic heterocycles. The molecule has 3 N–H and O–H groups in total. The summed E-state index contributed by atoms with van der Waals surface area (Å²) < 4.78 is 38.4. The number of benzene rings is 1. The van der Waals surface area contributed by atoms with Crippen molar-refractivity contribution in [3.63, 3.8) is 0 Å². The first-order valence-electron chi connectivity index (χ1n) is 3.57. The Morgan fingerprint density at radius 2 is 1.73 bits per heavy atom. The van der Waals surface area contributed by atoms with E-state index in [1.807, 2.05) is 0 Å². The van der Waals surface area contributed by atoms with Gasteiger partial charge in [0.15, 0.2) is 11.6 Å². The maximum absolute atomic E-state index is 12.9. The average molecular weight is 242 g/mol. The number of hydrogen-bond donors (Lipinski definition) is 2. The quantitative estimate of drug-likeness (QED) is 0.774. The van der Waals surface area contributed by atoms with Crippen molar-refractivity contribution in [2.75, 3.05) is 0 Å². The number of hydrogen-bond acceptors (Lipinski definition) is 2. The Morgan fingerprint density at radius 3 is 2.20 bits per heavy atom. The van der Waals surface area contributed by atoms with E-state index in [2.05, 4.69) is 0 Å². The fourth-order valence-corrected chi connectivity index (χ4v) is 0.951. The van der Waals surface area contributed by atoms with Gasteiger partial charge in [0, 0.05) is 0 Å². The number of aliphatic carboxylic acids is 1. The second-order valence-electron chi connectivity index (χ2n) is 2.57. The highest BCUT2D eigenvalue weighted by molar-refractivity contribution is 5.85. The molecule has 1 aromatic carbocycles. The van der Waals surface area contributed by atoms with Crippen LogP contribution >= 0.6 is 12.4 Å². The van der Waals surface area contributed by atoms with Crippen LogP contribution < -0.4 is 5.73 Å². The zero-order valence-electron chi connectivity index (χ0n) is 7.21. The molecule has 0 fully saturated rings. The van der Waals surface area contributed by atoms with Crippen LogP contribution in [0.1, 0.15) is 11.6 Å². The SMILES string of the molecule is Cl.N[C@@H](C(=O)O)c1c(F)ccc(F)c1F. The fourth-order valence-electron chi connectivity index (χ4n) is 0.951. The summed E-state index contributed by atoms with van der Waals surface area (Å²) in [6, 6.07) is -0.732. The molecule has 0 unspecified atom stereocenters. The number of rotatable bonds is 2. The maximum Gasteiger partial charge on any atom is 0.325 e. The van der Waals surface area contributed by atoms with Gasteiger partial charge in [0.25, 0.3) is 0 Å². The number of carboxylic acids is 1. The van der Waals surface area contributed by atoms with E-state index < -0.39 is 35.0 Å². The topological polar surface area (TPSA) is 63.3 Å². The third kappa shape index (κ3) is 2.60. The van der Waals surface area contributed by atoms with E-state index in [1.54, 1.807) is 0 Å². The normalized spacial score (nSPS) is 11.7. The summed E-state index contributed by atoms with van der Waals surface area (Å²) >= 11 is 0. The lowest BCUT2D eigenvalue weighted by atomic mass is 10.1. The van der Waals surface area contributed by atoms with Crippen molar-refractivity contribution in [3.8, 4) is 0 Å². The summed E-state index contributed by atoms with van der Waals surface area (Å²) in [4.78, 5) is 10.3. The smallest absolute Gasteiger partial charge is 0.325 e.